The molecule has 1 fully saturated rings. The van der Waals surface area contributed by atoms with E-state index in [0.29, 0.717) is 5.56 Å². The van der Waals surface area contributed by atoms with Crippen LogP contribution in [-0.2, 0) is 4.74 Å². The molecule has 1 unspecified atom stereocenters. The molecular formula is C19H27F3N2O2. The van der Waals surface area contributed by atoms with E-state index in [4.69, 9.17) is 4.74 Å². The second-order valence-corrected chi connectivity index (χ2v) is 7.72. The van der Waals surface area contributed by atoms with Gasteiger partial charge in [-0.15, -0.1) is 0 Å². The number of hydrogen-bond donors (Lipinski definition) is 0. The third-order valence-electron chi connectivity index (χ3n) is 4.57. The van der Waals surface area contributed by atoms with Crippen molar-refractivity contribution in [3.05, 3.63) is 29.8 Å². The minimum atomic E-state index is -4.56. The summed E-state index contributed by atoms with van der Waals surface area (Å²) in [6, 6.07) is 6.96. The summed E-state index contributed by atoms with van der Waals surface area (Å²) < 4.78 is 45.7. The first-order valence-corrected chi connectivity index (χ1v) is 8.76. The molecule has 1 amide bonds. The van der Waals surface area contributed by atoms with Gasteiger partial charge in [0, 0.05) is 31.4 Å². The number of anilines is 1. The highest BCUT2D eigenvalue weighted by Crippen LogP contribution is 2.40. The number of morpholine rings is 1. The molecule has 0 spiro atoms. The molecule has 1 aromatic carbocycles. The molecule has 1 saturated heterocycles. The Hall–Kier alpha value is -1.76. The maximum absolute atomic E-state index is 13.5. The number of carbonyl (C=O) groups is 1. The van der Waals surface area contributed by atoms with Gasteiger partial charge in [0.15, 0.2) is 5.60 Å². The van der Waals surface area contributed by atoms with E-state index in [0.717, 1.165) is 25.6 Å². The first-order valence-electron chi connectivity index (χ1n) is 8.76. The topological polar surface area (TPSA) is 32.8 Å². The van der Waals surface area contributed by atoms with Crippen molar-refractivity contribution in [3.8, 4) is 0 Å². The fourth-order valence-corrected chi connectivity index (χ4v) is 3.35. The molecule has 0 saturated carbocycles. The highest BCUT2D eigenvalue weighted by molar-refractivity contribution is 5.94. The van der Waals surface area contributed by atoms with Crippen molar-refractivity contribution < 1.29 is 22.7 Å². The molecule has 146 valence electrons. The molecule has 7 heteroatoms. The smallest absolute Gasteiger partial charge is 0.375 e. The number of hydrogen-bond acceptors (Lipinski definition) is 3. The van der Waals surface area contributed by atoms with Crippen molar-refractivity contribution in [2.45, 2.75) is 51.5 Å². The van der Waals surface area contributed by atoms with Crippen LogP contribution in [0.4, 0.5) is 18.9 Å². The Balaban J connectivity index is 2.22. The number of benzene rings is 1. The Morgan fingerprint density at radius 3 is 2.27 bits per heavy atom. The summed E-state index contributed by atoms with van der Waals surface area (Å²) >= 11 is 0. The molecule has 4 nitrogen and oxygen atoms in total. The molecule has 1 atom stereocenters. The maximum Gasteiger partial charge on any atom is 0.418 e. The Morgan fingerprint density at radius 2 is 1.77 bits per heavy atom. The van der Waals surface area contributed by atoms with E-state index >= 15 is 0 Å². The van der Waals surface area contributed by atoms with Gasteiger partial charge in [-0.2, -0.15) is 13.2 Å². The number of alkyl halides is 3. The van der Waals surface area contributed by atoms with E-state index in [1.807, 2.05) is 19.2 Å². The second-order valence-electron chi connectivity index (χ2n) is 7.72. The number of carbonyl (C=O) groups excluding carboxylic acids is 1. The highest BCUT2D eigenvalue weighted by Gasteiger charge is 2.58. The van der Waals surface area contributed by atoms with Gasteiger partial charge in [0.25, 0.3) is 5.91 Å². The Labute approximate surface area is 152 Å². The van der Waals surface area contributed by atoms with Crippen molar-refractivity contribution in [2.24, 2.45) is 0 Å². The molecule has 1 heterocycles. The fraction of sp³-hybridized carbons (Fsp3) is 0.632. The third kappa shape index (κ3) is 4.31. The van der Waals surface area contributed by atoms with Crippen LogP contribution in [0.25, 0.3) is 0 Å². The van der Waals surface area contributed by atoms with Gasteiger partial charge in [-0.05, 0) is 51.5 Å². The van der Waals surface area contributed by atoms with Crippen LogP contribution in [0.15, 0.2) is 24.3 Å². The predicted molar refractivity (Wildman–Crippen MR) is 95.5 cm³/mol. The Kier molecular flexibility index (Phi) is 5.61. The maximum atomic E-state index is 13.5. The second kappa shape index (κ2) is 7.10. The summed E-state index contributed by atoms with van der Waals surface area (Å²) in [6.45, 7) is 6.68. The van der Waals surface area contributed by atoms with Crippen LogP contribution in [0.2, 0.25) is 0 Å². The highest BCUT2D eigenvalue weighted by atomic mass is 19.4. The number of nitrogens with zero attached hydrogens (tertiary/aromatic N) is 2. The minimum Gasteiger partial charge on any atom is -0.375 e. The summed E-state index contributed by atoms with van der Waals surface area (Å²) in [5.41, 5.74) is -2.13. The largest absolute Gasteiger partial charge is 0.418 e. The van der Waals surface area contributed by atoms with Gasteiger partial charge in [0.05, 0.1) is 12.1 Å². The molecule has 1 aliphatic heterocycles. The SMILES string of the molecule is CCCN(C)c1ccc(C(=O)N2CC(C)(C)OC(C)(C(F)(F)F)C2)cc1. The van der Waals surface area contributed by atoms with E-state index in [9.17, 15) is 18.0 Å². The predicted octanol–water partition coefficient (Wildman–Crippen LogP) is 4.10. The summed E-state index contributed by atoms with van der Waals surface area (Å²) in [5.74, 6) is -0.415. The van der Waals surface area contributed by atoms with E-state index in [-0.39, 0.29) is 6.54 Å². The van der Waals surface area contributed by atoms with Crippen molar-refractivity contribution in [1.82, 2.24) is 4.90 Å². The van der Waals surface area contributed by atoms with Crippen LogP contribution in [0.5, 0.6) is 0 Å². The van der Waals surface area contributed by atoms with Gasteiger partial charge in [0.1, 0.15) is 0 Å². The van der Waals surface area contributed by atoms with Gasteiger partial charge < -0.3 is 14.5 Å². The van der Waals surface area contributed by atoms with Crippen molar-refractivity contribution in [3.63, 3.8) is 0 Å². The lowest BCUT2D eigenvalue weighted by Crippen LogP contribution is -2.65. The zero-order valence-corrected chi connectivity index (χ0v) is 16.0. The van der Waals surface area contributed by atoms with Crippen LogP contribution in [0.3, 0.4) is 0 Å². The first-order chi connectivity index (χ1) is 11.9. The lowest BCUT2D eigenvalue weighted by Gasteiger charge is -2.48. The molecular weight excluding hydrogens is 345 g/mol. The Morgan fingerprint density at radius 1 is 1.19 bits per heavy atom. The number of halogens is 3. The van der Waals surface area contributed by atoms with Gasteiger partial charge in [-0.25, -0.2) is 0 Å². The average Bonchev–Trinajstić information content (AvgIpc) is 2.51. The average molecular weight is 372 g/mol. The molecule has 0 aliphatic carbocycles. The van der Waals surface area contributed by atoms with E-state index < -0.39 is 29.8 Å². The quantitative estimate of drug-likeness (QED) is 0.798. The monoisotopic (exact) mass is 372 g/mol. The van der Waals surface area contributed by atoms with Crippen LogP contribution in [-0.4, -0.2) is 54.9 Å². The van der Waals surface area contributed by atoms with Crippen LogP contribution in [0.1, 0.15) is 44.5 Å². The number of rotatable bonds is 4. The molecule has 26 heavy (non-hydrogen) atoms. The summed E-state index contributed by atoms with van der Waals surface area (Å²) in [5, 5.41) is 0. The fourth-order valence-electron chi connectivity index (χ4n) is 3.35. The van der Waals surface area contributed by atoms with Crippen molar-refractivity contribution in [1.29, 1.82) is 0 Å². The van der Waals surface area contributed by atoms with E-state index in [2.05, 4.69) is 11.8 Å². The van der Waals surface area contributed by atoms with Crippen LogP contribution < -0.4 is 4.90 Å². The number of ether oxygens (including phenoxy) is 1. The molecule has 1 aromatic rings. The number of amides is 1. The summed E-state index contributed by atoms with van der Waals surface area (Å²) in [4.78, 5) is 16.1. The molecule has 2 rings (SSSR count). The molecule has 0 aromatic heterocycles. The molecule has 0 N–H and O–H groups in total. The van der Waals surface area contributed by atoms with Gasteiger partial charge in [0.2, 0.25) is 0 Å². The normalized spacial score (nSPS) is 23.0. The standard InChI is InChI=1S/C19H27F3N2O2/c1-6-11-23(5)15-9-7-14(8-10-15)16(25)24-12-17(2,3)26-18(4,13-24)19(20,21)22/h7-10H,6,11-13H2,1-5H3. The molecule has 0 bridgehead atoms. The van der Waals surface area contributed by atoms with Gasteiger partial charge in [-0.3, -0.25) is 4.79 Å². The van der Waals surface area contributed by atoms with Gasteiger partial charge in [-0.1, -0.05) is 6.92 Å². The minimum absolute atomic E-state index is 0.106. The molecule has 0 radical (unpaired) electrons. The van der Waals surface area contributed by atoms with E-state index in [1.165, 1.54) is 4.90 Å². The van der Waals surface area contributed by atoms with Crippen molar-refractivity contribution in [2.75, 3.05) is 31.6 Å². The Bertz CT molecular complexity index is 643. The lowest BCUT2D eigenvalue weighted by atomic mass is 9.96. The van der Waals surface area contributed by atoms with E-state index in [1.54, 1.807) is 26.0 Å². The third-order valence-corrected chi connectivity index (χ3v) is 4.57. The van der Waals surface area contributed by atoms with Crippen LogP contribution in [0, 0.1) is 0 Å². The van der Waals surface area contributed by atoms with Gasteiger partial charge >= 0.3 is 6.18 Å². The van der Waals surface area contributed by atoms with Crippen LogP contribution >= 0.6 is 0 Å². The first kappa shape index (κ1) is 20.6. The molecule has 1 aliphatic rings. The zero-order chi connectivity index (χ0) is 19.8. The zero-order valence-electron chi connectivity index (χ0n) is 16.0. The lowest BCUT2D eigenvalue weighted by molar-refractivity contribution is -0.318. The summed E-state index contributed by atoms with van der Waals surface area (Å²) in [7, 11) is 1.96. The van der Waals surface area contributed by atoms with Crippen molar-refractivity contribution >= 4 is 11.6 Å². The summed E-state index contributed by atoms with van der Waals surface area (Å²) in [6.07, 6.45) is -3.56.